The molecule has 0 aromatic heterocycles. The zero-order chi connectivity index (χ0) is 75.2. The molecule has 5 aliphatic rings. The lowest BCUT2D eigenvalue weighted by atomic mass is 9.95. The van der Waals surface area contributed by atoms with Gasteiger partial charge in [-0.1, -0.05) is 60.7 Å². The van der Waals surface area contributed by atoms with Crippen molar-refractivity contribution in [2.45, 2.75) is 98.9 Å². The van der Waals surface area contributed by atoms with E-state index in [2.05, 4.69) is 10.6 Å². The Morgan fingerprint density at radius 3 is 1.45 bits per heavy atom. The molecule has 5 aromatic carbocycles. The van der Waals surface area contributed by atoms with E-state index >= 15 is 0 Å². The van der Waals surface area contributed by atoms with Crippen LogP contribution in [0.15, 0.2) is 97.1 Å². The van der Waals surface area contributed by atoms with Gasteiger partial charge in [0.15, 0.2) is 0 Å². The average molecular weight is 1520 g/mol. The first-order chi connectivity index (χ1) is 51.4. The molecule has 30 nitrogen and oxygen atoms in total. The number of fused-ring (bicyclic) bond motifs is 6. The molecule has 10 rings (SSSR count). The third kappa shape index (κ3) is 20.7. The van der Waals surface area contributed by atoms with Crippen molar-refractivity contribution in [3.8, 4) is 11.5 Å². The monoisotopic (exact) mass is 1520 g/mol. The summed E-state index contributed by atoms with van der Waals surface area (Å²) in [5.74, 6) is -2.24. The topological polar surface area (TPSA) is 400 Å². The standard InChI is InChI=1S/C74H91Cl2N5O25/c75-38-46-40-80(53-36-55(48-5-1-3-7-50(48)65(46)53)103-73-71(94)69(92)67(90)57(42-82)105-73)63(88)13-10-44-9-11-45(12-14-64(89)81-41-47(39-76)66-51-8-4-2-6-49(51)56(37-54(66)81)104-74-72(95)70(93)68(91)58(43-83)106-74)52(35-44)78-60(85)18-21-96-23-25-98-27-29-100-31-33-102-34-32-101-30-28-99-26-24-97-22-19-77-59(84)17-20-79-61(86)15-16-62(79)87/h1-9,11-12,14-16,35-37,46-47,57-58,67-74,82-83,90-95H,10,13,17-34,38-43H2,(H,77,84)(H,78,85)/b14-12+/t46-,47-,57-,58-,67+,68+,69+,70+,71-,72-,73-,74-/m1/s1. The van der Waals surface area contributed by atoms with Crippen LogP contribution >= 0.6 is 23.2 Å². The summed E-state index contributed by atoms with van der Waals surface area (Å²) < 4.78 is 62.9. The van der Waals surface area contributed by atoms with E-state index in [4.69, 9.17) is 75.3 Å². The number of anilines is 3. The van der Waals surface area contributed by atoms with Gasteiger partial charge in [-0.3, -0.25) is 33.7 Å². The van der Waals surface area contributed by atoms with Crippen LogP contribution in [0.2, 0.25) is 0 Å². The van der Waals surface area contributed by atoms with Crippen LogP contribution in [-0.4, -0.2) is 286 Å². The zero-order valence-electron chi connectivity index (χ0n) is 58.2. The molecule has 10 N–H and O–H groups in total. The van der Waals surface area contributed by atoms with Crippen molar-refractivity contribution in [3.63, 3.8) is 0 Å². The Balaban J connectivity index is 0.707. The second-order valence-corrected chi connectivity index (χ2v) is 26.2. The van der Waals surface area contributed by atoms with E-state index in [0.29, 0.717) is 104 Å². The Morgan fingerprint density at radius 1 is 0.519 bits per heavy atom. The highest BCUT2D eigenvalue weighted by Crippen LogP contribution is 2.48. The Morgan fingerprint density at radius 2 is 0.972 bits per heavy atom. The predicted octanol–water partition coefficient (Wildman–Crippen LogP) is 1.91. The quantitative estimate of drug-likeness (QED) is 0.0116. The van der Waals surface area contributed by atoms with Gasteiger partial charge in [0.25, 0.3) is 17.7 Å². The first kappa shape index (κ1) is 81.1. The zero-order valence-corrected chi connectivity index (χ0v) is 59.8. The van der Waals surface area contributed by atoms with Crippen LogP contribution in [0.25, 0.3) is 27.6 Å². The minimum atomic E-state index is -1.71. The number of carbonyl (C=O) groups excluding carboxylic acids is 6. The highest BCUT2D eigenvalue weighted by Gasteiger charge is 2.47. The molecular formula is C74H91Cl2N5O25. The lowest BCUT2D eigenvalue weighted by Gasteiger charge is -2.39. The predicted molar refractivity (Wildman–Crippen MR) is 385 cm³/mol. The minimum absolute atomic E-state index is 0.00880. The molecule has 0 radical (unpaired) electrons. The molecule has 2 fully saturated rings. The normalized spacial score (nSPS) is 23.5. The van der Waals surface area contributed by atoms with Crippen LogP contribution in [0.3, 0.4) is 0 Å². The SMILES string of the molecule is O=C(CCN1C(=O)C=CC1=O)NCCOCCOCCOCCOCCOCCOCCOCCC(=O)Nc1cc(CCC(=O)N2C[C@@H](CCl)c3c2cc(O[C@@H]2O[C@H](CO)[C@H](O)[C@H](O)[C@H]2O)c2ccccc32)ccc1/C=C/C(=O)N1C[C@@H](CCl)c2c1cc(O[C@@H]1O[C@H](CO)[C@H](O)[C@H](O)[C@H]1O)c1ccccc21. The van der Waals surface area contributed by atoms with Crippen LogP contribution in [0, 0.1) is 0 Å². The number of aliphatic hydroxyl groups excluding tert-OH is 8. The summed E-state index contributed by atoms with van der Waals surface area (Å²) in [4.78, 5) is 82.3. The van der Waals surface area contributed by atoms with Gasteiger partial charge in [-0.15, -0.1) is 23.2 Å². The summed E-state index contributed by atoms with van der Waals surface area (Å²) in [6, 6.07) is 23.0. The largest absolute Gasteiger partial charge is 0.461 e. The second-order valence-electron chi connectivity index (χ2n) is 25.6. The molecule has 2 saturated heterocycles. The van der Waals surface area contributed by atoms with Gasteiger partial charge in [0.2, 0.25) is 30.3 Å². The van der Waals surface area contributed by atoms with Gasteiger partial charge in [0, 0.05) is 109 Å². The molecule has 0 unspecified atom stereocenters. The number of nitrogens with one attached hydrogen (secondary N) is 2. The summed E-state index contributed by atoms with van der Waals surface area (Å²) in [7, 11) is 0. The molecule has 0 saturated carbocycles. The van der Waals surface area contributed by atoms with E-state index in [-0.39, 0.29) is 132 Å². The summed E-state index contributed by atoms with van der Waals surface area (Å²) in [5, 5.41) is 92.0. The van der Waals surface area contributed by atoms with E-state index in [1.54, 1.807) is 65.6 Å². The Hall–Kier alpha value is -7.38. The maximum absolute atomic E-state index is 14.6. The number of aliphatic hydroxyl groups is 8. The fourth-order valence-electron chi connectivity index (χ4n) is 13.0. The van der Waals surface area contributed by atoms with E-state index < -0.39 is 98.3 Å². The maximum atomic E-state index is 14.6. The molecule has 5 heterocycles. The van der Waals surface area contributed by atoms with E-state index in [1.165, 1.54) is 23.1 Å². The van der Waals surface area contributed by atoms with Crippen LogP contribution in [-0.2, 0) is 77.8 Å². The molecule has 6 amide bonds. The van der Waals surface area contributed by atoms with Gasteiger partial charge in [0.1, 0.15) is 60.3 Å². The minimum Gasteiger partial charge on any atom is -0.461 e. The number of halogens is 2. The first-order valence-electron chi connectivity index (χ1n) is 35.2. The van der Waals surface area contributed by atoms with E-state index in [9.17, 15) is 69.6 Å². The van der Waals surface area contributed by atoms with Gasteiger partial charge in [0.05, 0.1) is 124 Å². The van der Waals surface area contributed by atoms with Gasteiger partial charge in [-0.25, -0.2) is 0 Å². The number of aryl methyl sites for hydroxylation is 1. The molecular weight excluding hydrogens is 1430 g/mol. The van der Waals surface area contributed by atoms with Gasteiger partial charge < -0.3 is 113 Å². The lowest BCUT2D eigenvalue weighted by molar-refractivity contribution is -0.277. The number of nitrogens with zero attached hydrogens (tertiary/aromatic N) is 3. The third-order valence-electron chi connectivity index (χ3n) is 18.5. The lowest BCUT2D eigenvalue weighted by Crippen LogP contribution is -2.60. The molecule has 0 bridgehead atoms. The molecule has 5 aromatic rings. The number of ether oxygens (including phenoxy) is 11. The molecule has 32 heteroatoms. The summed E-state index contributed by atoms with van der Waals surface area (Å²) in [5.41, 5.74) is 3.93. The average Bonchev–Trinajstić information content (AvgIpc) is 1.51. The molecule has 0 spiro atoms. The molecule has 0 aliphatic carbocycles. The molecule has 5 aliphatic heterocycles. The number of carbonyl (C=O) groups is 6. The van der Waals surface area contributed by atoms with Crippen molar-refractivity contribution >= 4 is 103 Å². The number of alkyl halides is 2. The number of hydrogen-bond acceptors (Lipinski definition) is 25. The van der Waals surface area contributed by atoms with Crippen LogP contribution in [0.4, 0.5) is 17.1 Å². The molecule has 12 atom stereocenters. The first-order valence-corrected chi connectivity index (χ1v) is 36.2. The van der Waals surface area contributed by atoms with Crippen molar-refractivity contribution < 1.29 is 122 Å². The molecule has 106 heavy (non-hydrogen) atoms. The molecule has 576 valence electrons. The maximum Gasteiger partial charge on any atom is 0.253 e. The number of rotatable bonds is 41. The Kier molecular flexibility index (Phi) is 30.8. The smallest absolute Gasteiger partial charge is 0.253 e. The highest BCUT2D eigenvalue weighted by molar-refractivity contribution is 6.20. The Labute approximate surface area is 621 Å². The van der Waals surface area contributed by atoms with E-state index in [1.807, 2.05) is 24.3 Å². The van der Waals surface area contributed by atoms with Gasteiger partial charge >= 0.3 is 0 Å². The van der Waals surface area contributed by atoms with Crippen molar-refractivity contribution in [2.24, 2.45) is 0 Å². The van der Waals surface area contributed by atoms with Gasteiger partial charge in [-0.2, -0.15) is 0 Å². The Bertz CT molecular complexity index is 3850. The van der Waals surface area contributed by atoms with Crippen LogP contribution in [0.5, 0.6) is 11.5 Å². The number of imide groups is 1. The van der Waals surface area contributed by atoms with E-state index in [0.717, 1.165) is 21.4 Å². The summed E-state index contributed by atoms with van der Waals surface area (Å²) in [6.45, 7) is 3.48. The van der Waals surface area contributed by atoms with Crippen molar-refractivity contribution in [2.75, 3.05) is 159 Å². The van der Waals surface area contributed by atoms with Gasteiger partial charge in [-0.05, 0) is 51.6 Å². The van der Waals surface area contributed by atoms with Crippen molar-refractivity contribution in [1.82, 2.24) is 10.2 Å². The third-order valence-corrected chi connectivity index (χ3v) is 19.3. The summed E-state index contributed by atoms with van der Waals surface area (Å²) >= 11 is 13.2. The van der Waals surface area contributed by atoms with Crippen LogP contribution in [0.1, 0.15) is 53.4 Å². The fraction of sp³-hybridized carbons (Fsp3) is 0.514. The summed E-state index contributed by atoms with van der Waals surface area (Å²) in [6.07, 6.45) is -10.2. The van der Waals surface area contributed by atoms with Crippen molar-refractivity contribution in [3.05, 3.63) is 119 Å². The number of benzene rings is 5. The number of hydrogen-bond donors (Lipinski definition) is 10. The highest BCUT2D eigenvalue weighted by atomic mass is 35.5. The number of amides is 6. The second kappa shape index (κ2) is 40.2. The fourth-order valence-corrected chi connectivity index (χ4v) is 13.5. The van der Waals surface area contributed by atoms with Crippen molar-refractivity contribution in [1.29, 1.82) is 0 Å². The van der Waals surface area contributed by atoms with Crippen LogP contribution < -0.4 is 29.9 Å².